The van der Waals surface area contributed by atoms with E-state index in [9.17, 15) is 19.4 Å². The van der Waals surface area contributed by atoms with Crippen molar-refractivity contribution in [1.82, 2.24) is 10.2 Å². The second kappa shape index (κ2) is 28.6. The molecule has 0 aromatic heterocycles. The summed E-state index contributed by atoms with van der Waals surface area (Å²) in [6, 6.07) is 11.2. The highest BCUT2D eigenvalue weighted by atomic mass is 19.1. The van der Waals surface area contributed by atoms with E-state index in [1.54, 1.807) is 24.3 Å². The molecule has 2 amide bonds. The predicted octanol–water partition coefficient (Wildman–Crippen LogP) is 12.5. The van der Waals surface area contributed by atoms with E-state index in [1.165, 1.54) is 69.9 Å². The summed E-state index contributed by atoms with van der Waals surface area (Å²) in [4.78, 5) is 36.3. The molecule has 2 aromatic rings. The van der Waals surface area contributed by atoms with Crippen LogP contribution in [0.25, 0.3) is 0 Å². The van der Waals surface area contributed by atoms with Gasteiger partial charge in [-0.1, -0.05) is 133 Å². The zero-order chi connectivity index (χ0) is 48.9. The summed E-state index contributed by atoms with van der Waals surface area (Å²) in [6.07, 6.45) is 26.1. The predicted molar refractivity (Wildman–Crippen MR) is 271 cm³/mol. The monoisotopic (exact) mass is 958 g/mol. The summed E-state index contributed by atoms with van der Waals surface area (Å²) in [6.45, 7) is 9.59. The second-order valence-corrected chi connectivity index (χ2v) is 20.0. The number of ether oxygens (including phenoxy) is 3. The largest absolute Gasteiger partial charge is 0.459 e. The van der Waals surface area contributed by atoms with Crippen LogP contribution in [0.2, 0.25) is 0 Å². The number of fused-ring (bicyclic) bond motifs is 2. The number of unbranched alkanes of at least 4 members (excludes halogenated alkanes) is 11. The lowest BCUT2D eigenvalue weighted by Gasteiger charge is -2.60. The number of nitrogens with zero attached hydrogens (tertiary/aromatic N) is 2. The topological polar surface area (TPSA) is 139 Å². The number of benzene rings is 2. The molecule has 3 N–H and O–H groups in total. The maximum Gasteiger partial charge on any atom is 0.412 e. The highest BCUT2D eigenvalue weighted by Gasteiger charge is 2.65. The second-order valence-electron chi connectivity index (χ2n) is 20.0. The average Bonchev–Trinajstić information content (AvgIpc) is 3.89. The van der Waals surface area contributed by atoms with Gasteiger partial charge in [0.1, 0.15) is 30.0 Å². The summed E-state index contributed by atoms with van der Waals surface area (Å²) in [7, 11) is 0. The van der Waals surface area contributed by atoms with Crippen LogP contribution >= 0.6 is 0 Å². The molecule has 1 heterocycles. The number of hydrogen-bond acceptors (Lipinski definition) is 9. The Balaban J connectivity index is 1.39. The maximum atomic E-state index is 15.1. The van der Waals surface area contributed by atoms with Crippen molar-refractivity contribution in [1.29, 1.82) is 0 Å². The maximum absolute atomic E-state index is 15.1. The van der Waals surface area contributed by atoms with Crippen molar-refractivity contribution < 1.29 is 43.2 Å². The van der Waals surface area contributed by atoms with Crippen LogP contribution in [0.5, 0.6) is 11.5 Å². The Kier molecular flexibility index (Phi) is 22.4. The smallest absolute Gasteiger partial charge is 0.412 e. The van der Waals surface area contributed by atoms with Gasteiger partial charge < -0.3 is 39.5 Å². The summed E-state index contributed by atoms with van der Waals surface area (Å²) in [5.41, 5.74) is 3.31. The van der Waals surface area contributed by atoms with Gasteiger partial charge in [0.2, 0.25) is 11.7 Å². The Morgan fingerprint density at radius 2 is 1.59 bits per heavy atom. The lowest BCUT2D eigenvalue weighted by Crippen LogP contribution is -2.70. The molecule has 0 radical (unpaired) electrons. The molecule has 4 aliphatic rings. The number of hydrogen-bond donors (Lipinski definition) is 3. The summed E-state index contributed by atoms with van der Waals surface area (Å²) >= 11 is 0. The normalized spacial score (nSPS) is 23.4. The minimum atomic E-state index is -1.44. The molecule has 6 atom stereocenters. The van der Waals surface area contributed by atoms with E-state index in [2.05, 4.69) is 24.9 Å². The van der Waals surface area contributed by atoms with Crippen LogP contribution in [0, 0.1) is 29.5 Å². The van der Waals surface area contributed by atoms with Crippen LogP contribution in [0.15, 0.2) is 71.9 Å². The molecule has 382 valence electrons. The van der Waals surface area contributed by atoms with Crippen molar-refractivity contribution in [3.63, 3.8) is 0 Å². The van der Waals surface area contributed by atoms with Crippen molar-refractivity contribution in [2.45, 2.75) is 186 Å². The van der Waals surface area contributed by atoms with Gasteiger partial charge in [0.15, 0.2) is 0 Å². The number of aliphatic hydroxyl groups excluding tert-OH is 2. The molecule has 0 spiro atoms. The van der Waals surface area contributed by atoms with Gasteiger partial charge in [0, 0.05) is 50.6 Å². The quantitative estimate of drug-likeness (QED) is 0.0386. The van der Waals surface area contributed by atoms with Gasteiger partial charge >= 0.3 is 6.09 Å². The average molecular weight is 958 g/mol. The van der Waals surface area contributed by atoms with Crippen LogP contribution in [-0.2, 0) is 20.9 Å². The summed E-state index contributed by atoms with van der Waals surface area (Å²) in [5.74, 6) is -1.07. The number of allylic oxidation sites excluding steroid dienone is 1. The molecule has 11 nitrogen and oxygen atoms in total. The van der Waals surface area contributed by atoms with Crippen molar-refractivity contribution in [2.75, 3.05) is 33.0 Å². The molecule has 0 saturated heterocycles. The number of rotatable bonds is 31. The third-order valence-corrected chi connectivity index (χ3v) is 15.2. The van der Waals surface area contributed by atoms with E-state index in [0.717, 1.165) is 80.9 Å². The fraction of sp³-hybridized carbons (Fsp3) is 0.667. The zero-order valence-corrected chi connectivity index (χ0v) is 42.0. The molecule has 2 aromatic carbocycles. The van der Waals surface area contributed by atoms with Crippen LogP contribution in [0.4, 0.5) is 9.18 Å². The third-order valence-electron chi connectivity index (χ3n) is 15.2. The molecule has 1 aliphatic heterocycles. The van der Waals surface area contributed by atoms with Gasteiger partial charge in [-0.15, -0.1) is 6.58 Å². The molecule has 0 bridgehead atoms. The first-order valence-electron chi connectivity index (χ1n) is 27.0. The summed E-state index contributed by atoms with van der Waals surface area (Å²) in [5, 5.41) is 27.8. The number of amides is 2. The highest BCUT2D eigenvalue weighted by molar-refractivity contribution is 6.03. The van der Waals surface area contributed by atoms with E-state index < -0.39 is 23.8 Å². The van der Waals surface area contributed by atoms with Gasteiger partial charge in [-0.3, -0.25) is 4.79 Å². The van der Waals surface area contributed by atoms with Gasteiger partial charge in [-0.25, -0.2) is 9.18 Å². The van der Waals surface area contributed by atoms with Gasteiger partial charge in [0.25, 0.3) is 0 Å². The number of carbonyl (C=O) groups is 2. The van der Waals surface area contributed by atoms with E-state index in [1.807, 2.05) is 24.0 Å². The molecular formula is C57H84FN3O8. The van der Waals surface area contributed by atoms with Crippen LogP contribution in [0.3, 0.4) is 0 Å². The number of carbonyl (C=O) groups excluding carboxylic acids is 2. The highest BCUT2D eigenvalue weighted by Crippen LogP contribution is 2.62. The van der Waals surface area contributed by atoms with Crippen molar-refractivity contribution in [3.8, 4) is 11.5 Å². The number of aliphatic hydroxyl groups is 2. The fourth-order valence-corrected chi connectivity index (χ4v) is 11.7. The fourth-order valence-electron chi connectivity index (χ4n) is 11.7. The first kappa shape index (κ1) is 54.1. The molecule has 0 unspecified atom stereocenters. The van der Waals surface area contributed by atoms with E-state index in [0.29, 0.717) is 55.5 Å². The van der Waals surface area contributed by atoms with Crippen LogP contribution in [0.1, 0.15) is 179 Å². The molecule has 69 heavy (non-hydrogen) atoms. The van der Waals surface area contributed by atoms with E-state index in [4.69, 9.17) is 24.2 Å². The van der Waals surface area contributed by atoms with Crippen LogP contribution < -0.4 is 14.8 Å². The molecule has 2 saturated carbocycles. The minimum absolute atomic E-state index is 0.00877. The Bertz CT molecular complexity index is 1950. The van der Waals surface area contributed by atoms with Crippen LogP contribution in [-0.4, -0.2) is 77.6 Å². The van der Waals surface area contributed by atoms with Gasteiger partial charge in [0.05, 0.1) is 18.2 Å². The first-order chi connectivity index (χ1) is 33.8. The Hall–Kier alpha value is -4.26. The Morgan fingerprint density at radius 3 is 2.28 bits per heavy atom. The third kappa shape index (κ3) is 14.9. The van der Waals surface area contributed by atoms with Crippen molar-refractivity contribution >= 4 is 17.7 Å². The first-order valence-corrected chi connectivity index (χ1v) is 27.0. The standard InChI is InChI=1S/C57H84FN3O8/c1-4-7-8-9-10-11-12-13-14-19-34-59-56(65)68-46-31-32-51-49(39-46)54-47(25-18-21-36-63)44(24-17-20-35-62)38-48-50(60-67-6-3)40-52(57(69-51,55(48)54)66-37-5-2)61(41-43-26-29-45(58)30-27-43)53(64)33-28-42-22-15-16-23-42/h5,26-27,29-32,38-39,42,44,47,52,54-55,62-63H,2,4,6-25,28,33-37,40-41H2,1,3H3,(H,59,65)/t44-,47+,52-,54+,55+,57+/m0/s1. The molecule has 2 fully saturated rings. The number of halogens is 1. The van der Waals surface area contributed by atoms with Crippen molar-refractivity contribution in [2.24, 2.45) is 28.8 Å². The molecule has 3 aliphatic carbocycles. The van der Waals surface area contributed by atoms with Gasteiger partial charge in [-0.2, -0.15) is 0 Å². The minimum Gasteiger partial charge on any atom is -0.459 e. The number of oxime groups is 1. The SMILES string of the molecule is C=CCO[C@@]12Oc3ccc(OC(=O)NCCCCCCCCCCCC)cc3[C@H]3[C@H](CCCCO)[C@@H](CCCCO)C=C(C(=NOCC)C[C@@H]1N(Cc1ccc(F)cc1)C(=O)CCC1CCCC1)[C@H]32. The van der Waals surface area contributed by atoms with Crippen molar-refractivity contribution in [3.05, 3.63) is 83.7 Å². The van der Waals surface area contributed by atoms with E-state index in [-0.39, 0.29) is 62.3 Å². The number of nitrogens with one attached hydrogen (secondary N) is 1. The summed E-state index contributed by atoms with van der Waals surface area (Å²) < 4.78 is 35.0. The lowest BCUT2D eigenvalue weighted by atomic mass is 9.55. The molecular weight excluding hydrogens is 874 g/mol. The molecule has 12 heteroatoms. The zero-order valence-electron chi connectivity index (χ0n) is 42.0. The Labute approximate surface area is 412 Å². The Morgan fingerprint density at radius 1 is 0.899 bits per heavy atom. The van der Waals surface area contributed by atoms with Gasteiger partial charge in [-0.05, 0) is 105 Å². The van der Waals surface area contributed by atoms with E-state index >= 15 is 4.79 Å². The molecule has 6 rings (SSSR count). The lowest BCUT2D eigenvalue weighted by molar-refractivity contribution is -0.258.